The molecule has 2 aliphatic heterocycles. The fraction of sp³-hybridized carbons (Fsp3) is 0.333. The number of likely N-dealkylation sites (tertiary alicyclic amines) is 1. The molecule has 2 aliphatic rings. The molecule has 2 fully saturated rings. The third-order valence-corrected chi connectivity index (χ3v) is 5.96. The second kappa shape index (κ2) is 8.25. The molecule has 0 saturated carbocycles. The summed E-state index contributed by atoms with van der Waals surface area (Å²) in [6.45, 7) is 2.09. The molecular formula is C21H20N4O7. The van der Waals surface area contributed by atoms with E-state index in [4.69, 9.17) is 4.74 Å². The minimum Gasteiger partial charge on any atom is -0.445 e. The number of benzene rings is 2. The molecule has 1 unspecified atom stereocenters. The molecule has 2 amide bonds. The fourth-order valence-electron chi connectivity index (χ4n) is 4.50. The van der Waals surface area contributed by atoms with Gasteiger partial charge in [-0.1, -0.05) is 37.3 Å². The van der Waals surface area contributed by atoms with Crippen molar-refractivity contribution in [2.24, 2.45) is 5.92 Å². The number of nitro groups is 2. The first-order valence-corrected chi connectivity index (χ1v) is 10.0. The van der Waals surface area contributed by atoms with Gasteiger partial charge >= 0.3 is 6.09 Å². The van der Waals surface area contributed by atoms with E-state index in [0.29, 0.717) is 13.0 Å². The first-order valence-electron chi connectivity index (χ1n) is 10.0. The van der Waals surface area contributed by atoms with E-state index < -0.39 is 45.3 Å². The van der Waals surface area contributed by atoms with Crippen molar-refractivity contribution in [3.63, 3.8) is 0 Å². The van der Waals surface area contributed by atoms with E-state index in [0.717, 1.165) is 17.7 Å². The second-order valence-electron chi connectivity index (χ2n) is 7.76. The van der Waals surface area contributed by atoms with Crippen LogP contribution in [0.15, 0.2) is 48.5 Å². The number of anilines is 1. The van der Waals surface area contributed by atoms with Gasteiger partial charge in [0, 0.05) is 12.6 Å². The van der Waals surface area contributed by atoms with Crippen LogP contribution in [0.4, 0.5) is 21.9 Å². The van der Waals surface area contributed by atoms with Crippen LogP contribution in [-0.2, 0) is 16.1 Å². The summed E-state index contributed by atoms with van der Waals surface area (Å²) in [6, 6.07) is 11.4. The second-order valence-corrected chi connectivity index (χ2v) is 7.76. The minimum atomic E-state index is -0.742. The molecule has 0 spiro atoms. The number of nitrogens with zero attached hydrogens (tertiary/aromatic N) is 4. The maximum absolute atomic E-state index is 13.1. The van der Waals surface area contributed by atoms with Gasteiger partial charge in [-0.05, 0) is 18.1 Å². The molecule has 166 valence electrons. The Hall–Kier alpha value is -4.02. The van der Waals surface area contributed by atoms with Gasteiger partial charge in [-0.15, -0.1) is 0 Å². The van der Waals surface area contributed by atoms with Gasteiger partial charge in [0.1, 0.15) is 12.3 Å². The molecule has 32 heavy (non-hydrogen) atoms. The van der Waals surface area contributed by atoms with Gasteiger partial charge in [-0.2, -0.15) is 0 Å². The van der Waals surface area contributed by atoms with Gasteiger partial charge in [0.15, 0.2) is 0 Å². The summed E-state index contributed by atoms with van der Waals surface area (Å²) in [5.74, 6) is -0.987. The van der Waals surface area contributed by atoms with Crippen LogP contribution in [0.5, 0.6) is 0 Å². The summed E-state index contributed by atoms with van der Waals surface area (Å²) in [5.41, 5.74) is -0.139. The predicted molar refractivity (Wildman–Crippen MR) is 112 cm³/mol. The lowest BCUT2D eigenvalue weighted by Gasteiger charge is -2.26. The Bertz CT molecular complexity index is 1090. The number of carbonyl (C=O) groups excluding carboxylic acids is 2. The highest BCUT2D eigenvalue weighted by Crippen LogP contribution is 2.43. The van der Waals surface area contributed by atoms with E-state index in [1.54, 1.807) is 6.92 Å². The van der Waals surface area contributed by atoms with Crippen LogP contribution in [0.1, 0.15) is 18.9 Å². The fourth-order valence-corrected chi connectivity index (χ4v) is 4.50. The Kier molecular flexibility index (Phi) is 5.47. The largest absolute Gasteiger partial charge is 0.445 e. The molecule has 11 heteroatoms. The molecule has 0 radical (unpaired) electrons. The van der Waals surface area contributed by atoms with Crippen LogP contribution >= 0.6 is 0 Å². The van der Waals surface area contributed by atoms with Crippen LogP contribution in [0.2, 0.25) is 0 Å². The third-order valence-electron chi connectivity index (χ3n) is 5.96. The summed E-state index contributed by atoms with van der Waals surface area (Å²) in [6.07, 6.45) is -0.143. The van der Waals surface area contributed by atoms with E-state index >= 15 is 0 Å². The predicted octanol–water partition coefficient (Wildman–Crippen LogP) is 3.27. The van der Waals surface area contributed by atoms with E-state index in [9.17, 15) is 29.8 Å². The molecule has 2 saturated heterocycles. The highest BCUT2D eigenvalue weighted by atomic mass is 16.6. The summed E-state index contributed by atoms with van der Waals surface area (Å²) in [5, 5.41) is 22.6. The zero-order valence-electron chi connectivity index (χ0n) is 17.1. The van der Waals surface area contributed by atoms with E-state index in [2.05, 4.69) is 0 Å². The number of carbonyl (C=O) groups is 2. The van der Waals surface area contributed by atoms with Gasteiger partial charge in [0.25, 0.3) is 11.4 Å². The van der Waals surface area contributed by atoms with E-state index in [-0.39, 0.29) is 18.2 Å². The average molecular weight is 440 g/mol. The highest BCUT2D eigenvalue weighted by molar-refractivity contribution is 6.01. The number of ether oxygens (including phenoxy) is 1. The van der Waals surface area contributed by atoms with Crippen LogP contribution in [-0.4, -0.2) is 45.4 Å². The van der Waals surface area contributed by atoms with Gasteiger partial charge in [-0.25, -0.2) is 4.79 Å². The lowest BCUT2D eigenvalue weighted by atomic mass is 10.0. The molecule has 0 aromatic heterocycles. The van der Waals surface area contributed by atoms with Crippen molar-refractivity contribution in [2.75, 3.05) is 11.4 Å². The molecule has 0 N–H and O–H groups in total. The van der Waals surface area contributed by atoms with Crippen molar-refractivity contribution < 1.29 is 24.2 Å². The summed E-state index contributed by atoms with van der Waals surface area (Å²) in [4.78, 5) is 49.7. The molecule has 2 aromatic carbocycles. The van der Waals surface area contributed by atoms with Crippen LogP contribution in [0.3, 0.4) is 0 Å². The molecular weight excluding hydrogens is 420 g/mol. The molecule has 0 bridgehead atoms. The van der Waals surface area contributed by atoms with Gasteiger partial charge < -0.3 is 14.5 Å². The maximum atomic E-state index is 13.1. The molecule has 3 atom stereocenters. The highest BCUT2D eigenvalue weighted by Gasteiger charge is 2.55. The van der Waals surface area contributed by atoms with E-state index in [1.165, 1.54) is 15.9 Å². The first kappa shape index (κ1) is 21.2. The van der Waals surface area contributed by atoms with Crippen molar-refractivity contribution in [2.45, 2.75) is 32.0 Å². The quantitative estimate of drug-likeness (QED) is 0.514. The van der Waals surface area contributed by atoms with Crippen molar-refractivity contribution in [1.82, 2.24) is 4.90 Å². The van der Waals surface area contributed by atoms with Crippen molar-refractivity contribution in [3.05, 3.63) is 74.3 Å². The number of hydrogen-bond donors (Lipinski definition) is 0. The van der Waals surface area contributed by atoms with Crippen LogP contribution in [0, 0.1) is 26.1 Å². The Morgan fingerprint density at radius 3 is 2.50 bits per heavy atom. The number of rotatable bonds is 5. The Morgan fingerprint density at radius 2 is 1.84 bits per heavy atom. The molecule has 0 aliphatic carbocycles. The van der Waals surface area contributed by atoms with Gasteiger partial charge in [0.05, 0.1) is 33.9 Å². The third kappa shape index (κ3) is 3.61. The Labute approximate surface area is 182 Å². The standard InChI is InChI=1S/C21H20N4O7/c1-13-19-17(9-10-22(19)21(27)32-12-14-5-3-2-4-6-14)23(20(13)26)16-8-7-15(24(28)29)11-18(16)25(30)31/h2-8,11,13,17,19H,9-10,12H2,1H3/t13-,17-,19?/m0/s1. The maximum Gasteiger partial charge on any atom is 0.410 e. The number of nitro benzene ring substituents is 2. The van der Waals surface area contributed by atoms with Crippen LogP contribution < -0.4 is 4.90 Å². The van der Waals surface area contributed by atoms with E-state index in [1.807, 2.05) is 30.3 Å². The number of hydrogen-bond acceptors (Lipinski definition) is 7. The first-order chi connectivity index (χ1) is 15.3. The lowest BCUT2D eigenvalue weighted by molar-refractivity contribution is -0.393. The van der Waals surface area contributed by atoms with Gasteiger partial charge in [0.2, 0.25) is 5.91 Å². The minimum absolute atomic E-state index is 0.00977. The zero-order valence-corrected chi connectivity index (χ0v) is 17.1. The Balaban J connectivity index is 1.58. The monoisotopic (exact) mass is 440 g/mol. The van der Waals surface area contributed by atoms with Crippen molar-refractivity contribution in [1.29, 1.82) is 0 Å². The molecule has 4 rings (SSSR count). The summed E-state index contributed by atoms with van der Waals surface area (Å²) in [7, 11) is 0. The zero-order chi connectivity index (χ0) is 23.0. The number of non-ortho nitro benzene ring substituents is 1. The van der Waals surface area contributed by atoms with Gasteiger partial charge in [-0.3, -0.25) is 25.0 Å². The average Bonchev–Trinajstić information content (AvgIpc) is 3.31. The smallest absolute Gasteiger partial charge is 0.410 e. The SMILES string of the molecule is C[C@@H]1C(=O)N(c2ccc([N+](=O)[O-])cc2[N+](=O)[O-])[C@H]2CCN(C(=O)OCc3ccccc3)C12. The molecule has 2 heterocycles. The Morgan fingerprint density at radius 1 is 1.12 bits per heavy atom. The molecule has 2 aromatic rings. The van der Waals surface area contributed by atoms with Crippen molar-refractivity contribution >= 4 is 29.1 Å². The summed E-state index contributed by atoms with van der Waals surface area (Å²) < 4.78 is 5.42. The van der Waals surface area contributed by atoms with Crippen LogP contribution in [0.25, 0.3) is 0 Å². The number of amides is 2. The van der Waals surface area contributed by atoms with Crippen molar-refractivity contribution in [3.8, 4) is 0 Å². The molecule has 11 nitrogen and oxygen atoms in total. The lowest BCUT2D eigenvalue weighted by Crippen LogP contribution is -2.42. The number of fused-ring (bicyclic) bond motifs is 1. The topological polar surface area (TPSA) is 136 Å². The summed E-state index contributed by atoms with van der Waals surface area (Å²) >= 11 is 0. The normalized spacial score (nSPS) is 22.0.